The molecule has 21 heavy (non-hydrogen) atoms. The number of nitrogens with one attached hydrogen (secondary N) is 1. The Morgan fingerprint density at radius 1 is 1.10 bits per heavy atom. The first kappa shape index (κ1) is 15.1. The van der Waals surface area contributed by atoms with Crippen molar-refractivity contribution < 1.29 is 0 Å². The van der Waals surface area contributed by atoms with Gasteiger partial charge in [-0.2, -0.15) is 5.26 Å². The molecule has 0 aliphatic heterocycles. The van der Waals surface area contributed by atoms with Crippen LogP contribution in [0.4, 0.5) is 11.5 Å². The van der Waals surface area contributed by atoms with E-state index in [2.05, 4.69) is 49.3 Å². The second-order valence-electron chi connectivity index (χ2n) is 6.37. The summed E-state index contributed by atoms with van der Waals surface area (Å²) in [6.07, 6.45) is 0. The van der Waals surface area contributed by atoms with Crippen LogP contribution in [0, 0.1) is 25.2 Å². The van der Waals surface area contributed by atoms with E-state index in [4.69, 9.17) is 0 Å². The van der Waals surface area contributed by atoms with Crippen LogP contribution in [0.25, 0.3) is 0 Å². The molecule has 0 bridgehead atoms. The molecular formula is C18H21N3. The van der Waals surface area contributed by atoms with E-state index in [1.807, 2.05) is 32.0 Å². The number of nitrogens with zero attached hydrogens (tertiary/aromatic N) is 2. The molecule has 0 aliphatic rings. The van der Waals surface area contributed by atoms with Gasteiger partial charge in [0.2, 0.25) is 0 Å². The third-order valence-corrected chi connectivity index (χ3v) is 3.47. The maximum absolute atomic E-state index is 9.29. The summed E-state index contributed by atoms with van der Waals surface area (Å²) in [6, 6.07) is 12.4. The Morgan fingerprint density at radius 2 is 1.71 bits per heavy atom. The van der Waals surface area contributed by atoms with Crippen molar-refractivity contribution >= 4 is 11.5 Å². The fourth-order valence-corrected chi connectivity index (χ4v) is 2.26. The van der Waals surface area contributed by atoms with Gasteiger partial charge in [0.05, 0.1) is 5.56 Å². The lowest BCUT2D eigenvalue weighted by Gasteiger charge is -2.19. The lowest BCUT2D eigenvalue weighted by Crippen LogP contribution is -2.10. The maximum atomic E-state index is 9.29. The number of rotatable bonds is 2. The van der Waals surface area contributed by atoms with Gasteiger partial charge in [-0.1, -0.05) is 32.9 Å². The molecule has 3 nitrogen and oxygen atoms in total. The molecule has 0 spiro atoms. The van der Waals surface area contributed by atoms with Crippen LogP contribution in [0.15, 0.2) is 30.3 Å². The molecule has 0 radical (unpaired) electrons. The molecule has 108 valence electrons. The molecular weight excluding hydrogens is 258 g/mol. The fraction of sp³-hybridized carbons (Fsp3) is 0.333. The highest BCUT2D eigenvalue weighted by molar-refractivity contribution is 5.65. The number of hydrogen-bond acceptors (Lipinski definition) is 3. The Kier molecular flexibility index (Phi) is 3.99. The van der Waals surface area contributed by atoms with Gasteiger partial charge in [-0.3, -0.25) is 0 Å². The Labute approximate surface area is 126 Å². The monoisotopic (exact) mass is 279 g/mol. The van der Waals surface area contributed by atoms with E-state index < -0.39 is 0 Å². The molecule has 1 aromatic carbocycles. The number of aromatic nitrogens is 1. The zero-order chi connectivity index (χ0) is 15.6. The SMILES string of the molecule is Cc1cc(C)c(C#N)c(Nc2ccc(C(C)(C)C)cc2)n1. The molecule has 3 heteroatoms. The van der Waals surface area contributed by atoms with Crippen LogP contribution >= 0.6 is 0 Å². The van der Waals surface area contributed by atoms with Crippen LogP contribution in [-0.2, 0) is 5.41 Å². The minimum Gasteiger partial charge on any atom is -0.339 e. The molecule has 1 N–H and O–H groups in total. The second-order valence-corrected chi connectivity index (χ2v) is 6.37. The predicted octanol–water partition coefficient (Wildman–Crippen LogP) is 4.61. The first-order chi connectivity index (χ1) is 9.81. The largest absolute Gasteiger partial charge is 0.339 e. The lowest BCUT2D eigenvalue weighted by molar-refractivity contribution is 0.590. The van der Waals surface area contributed by atoms with Gasteiger partial charge < -0.3 is 5.32 Å². The molecule has 2 rings (SSSR count). The highest BCUT2D eigenvalue weighted by atomic mass is 15.0. The van der Waals surface area contributed by atoms with Crippen LogP contribution in [0.1, 0.15) is 43.2 Å². The van der Waals surface area contributed by atoms with Gasteiger partial charge in [0.25, 0.3) is 0 Å². The van der Waals surface area contributed by atoms with Crippen molar-refractivity contribution in [2.24, 2.45) is 0 Å². The van der Waals surface area contributed by atoms with Crippen molar-refractivity contribution in [2.45, 2.75) is 40.0 Å². The van der Waals surface area contributed by atoms with Gasteiger partial charge in [0.1, 0.15) is 11.9 Å². The Hall–Kier alpha value is -2.34. The van der Waals surface area contributed by atoms with Crippen LogP contribution < -0.4 is 5.32 Å². The second kappa shape index (κ2) is 5.57. The molecule has 0 amide bonds. The van der Waals surface area contributed by atoms with E-state index in [0.717, 1.165) is 16.9 Å². The van der Waals surface area contributed by atoms with Crippen LogP contribution in [0.5, 0.6) is 0 Å². The highest BCUT2D eigenvalue weighted by Gasteiger charge is 2.13. The minimum atomic E-state index is 0.133. The minimum absolute atomic E-state index is 0.133. The zero-order valence-corrected chi connectivity index (χ0v) is 13.3. The Bertz CT molecular complexity index is 686. The molecule has 0 saturated carbocycles. The normalized spacial score (nSPS) is 11.0. The maximum Gasteiger partial charge on any atom is 0.148 e. The molecule has 0 fully saturated rings. The number of nitriles is 1. The van der Waals surface area contributed by atoms with E-state index in [-0.39, 0.29) is 5.41 Å². The van der Waals surface area contributed by atoms with Crippen LogP contribution in [-0.4, -0.2) is 4.98 Å². The standard InChI is InChI=1S/C18H21N3/c1-12-10-13(2)20-17(16(12)11-19)21-15-8-6-14(7-9-15)18(3,4)5/h6-10H,1-5H3,(H,20,21). The molecule has 0 aliphatic carbocycles. The molecule has 0 saturated heterocycles. The topological polar surface area (TPSA) is 48.7 Å². The van der Waals surface area contributed by atoms with Crippen molar-refractivity contribution in [2.75, 3.05) is 5.32 Å². The summed E-state index contributed by atoms with van der Waals surface area (Å²) in [5.74, 6) is 0.624. The van der Waals surface area contributed by atoms with Crippen molar-refractivity contribution in [3.05, 3.63) is 52.7 Å². The van der Waals surface area contributed by atoms with E-state index in [9.17, 15) is 5.26 Å². The molecule has 2 aromatic rings. The first-order valence-corrected chi connectivity index (χ1v) is 7.07. The predicted molar refractivity (Wildman–Crippen MR) is 86.9 cm³/mol. The molecule has 1 heterocycles. The molecule has 1 aromatic heterocycles. The average molecular weight is 279 g/mol. The first-order valence-electron chi connectivity index (χ1n) is 7.07. The number of pyridine rings is 1. The number of anilines is 2. The summed E-state index contributed by atoms with van der Waals surface area (Å²) in [6.45, 7) is 10.4. The van der Waals surface area contributed by atoms with Gasteiger partial charge in [-0.15, -0.1) is 0 Å². The van der Waals surface area contributed by atoms with Crippen LogP contribution in [0.2, 0.25) is 0 Å². The summed E-state index contributed by atoms with van der Waals surface area (Å²) in [4.78, 5) is 4.44. The van der Waals surface area contributed by atoms with Crippen LogP contribution in [0.3, 0.4) is 0 Å². The van der Waals surface area contributed by atoms with Gasteiger partial charge in [0, 0.05) is 11.4 Å². The fourth-order valence-electron chi connectivity index (χ4n) is 2.26. The van der Waals surface area contributed by atoms with Gasteiger partial charge in [-0.25, -0.2) is 4.98 Å². The van der Waals surface area contributed by atoms with E-state index in [1.165, 1.54) is 5.56 Å². The van der Waals surface area contributed by atoms with Crippen molar-refractivity contribution in [1.82, 2.24) is 4.98 Å². The van der Waals surface area contributed by atoms with E-state index >= 15 is 0 Å². The average Bonchev–Trinajstić information content (AvgIpc) is 2.38. The summed E-state index contributed by atoms with van der Waals surface area (Å²) in [5.41, 5.74) is 4.80. The van der Waals surface area contributed by atoms with Crippen molar-refractivity contribution in [3.63, 3.8) is 0 Å². The Balaban J connectivity index is 2.33. The molecule has 0 unspecified atom stereocenters. The smallest absolute Gasteiger partial charge is 0.148 e. The van der Waals surface area contributed by atoms with Gasteiger partial charge >= 0.3 is 0 Å². The number of benzene rings is 1. The summed E-state index contributed by atoms with van der Waals surface area (Å²) in [5, 5.41) is 12.5. The summed E-state index contributed by atoms with van der Waals surface area (Å²) < 4.78 is 0. The summed E-state index contributed by atoms with van der Waals surface area (Å²) in [7, 11) is 0. The van der Waals surface area contributed by atoms with Crippen molar-refractivity contribution in [3.8, 4) is 6.07 Å². The van der Waals surface area contributed by atoms with Gasteiger partial charge in [0.15, 0.2) is 0 Å². The zero-order valence-electron chi connectivity index (χ0n) is 13.3. The van der Waals surface area contributed by atoms with Crippen molar-refractivity contribution in [1.29, 1.82) is 5.26 Å². The summed E-state index contributed by atoms with van der Waals surface area (Å²) >= 11 is 0. The number of hydrogen-bond donors (Lipinski definition) is 1. The Morgan fingerprint density at radius 3 is 2.24 bits per heavy atom. The quantitative estimate of drug-likeness (QED) is 0.873. The molecule has 0 atom stereocenters. The third kappa shape index (κ3) is 3.41. The number of aryl methyl sites for hydroxylation is 2. The highest BCUT2D eigenvalue weighted by Crippen LogP contribution is 2.26. The van der Waals surface area contributed by atoms with E-state index in [0.29, 0.717) is 11.4 Å². The van der Waals surface area contributed by atoms with E-state index in [1.54, 1.807) is 0 Å². The third-order valence-electron chi connectivity index (χ3n) is 3.47. The lowest BCUT2D eigenvalue weighted by atomic mass is 9.87. The van der Waals surface area contributed by atoms with Gasteiger partial charge in [-0.05, 0) is 48.6 Å².